The van der Waals surface area contributed by atoms with Gasteiger partial charge in [0.05, 0.1) is 17.6 Å². The Labute approximate surface area is 152 Å². The fraction of sp³-hybridized carbons (Fsp3) is 0.250. The Morgan fingerprint density at radius 3 is 2.42 bits per heavy atom. The third-order valence-corrected chi connectivity index (χ3v) is 3.83. The lowest BCUT2D eigenvalue weighted by Gasteiger charge is -2.19. The van der Waals surface area contributed by atoms with Crippen molar-refractivity contribution in [3.8, 4) is 11.4 Å². The van der Waals surface area contributed by atoms with Crippen molar-refractivity contribution in [1.82, 2.24) is 15.0 Å². The minimum atomic E-state index is -0.210. The summed E-state index contributed by atoms with van der Waals surface area (Å²) < 4.78 is 7.25. The van der Waals surface area contributed by atoms with Crippen molar-refractivity contribution in [2.24, 2.45) is 0 Å². The van der Waals surface area contributed by atoms with Gasteiger partial charge < -0.3 is 10.1 Å². The second-order valence-electron chi connectivity index (χ2n) is 6.98. The minimum absolute atomic E-state index is 0.0387. The molecular formula is C20H22N4O2. The van der Waals surface area contributed by atoms with Crippen LogP contribution < -0.4 is 10.1 Å². The van der Waals surface area contributed by atoms with Gasteiger partial charge in [-0.1, -0.05) is 44.2 Å². The predicted molar refractivity (Wildman–Crippen MR) is 101 cm³/mol. The van der Waals surface area contributed by atoms with Crippen molar-refractivity contribution in [1.29, 1.82) is 0 Å². The van der Waals surface area contributed by atoms with Gasteiger partial charge in [0.2, 0.25) is 0 Å². The fourth-order valence-electron chi connectivity index (χ4n) is 2.49. The van der Waals surface area contributed by atoms with E-state index >= 15 is 0 Å². The molecule has 0 saturated heterocycles. The average Bonchev–Trinajstić information content (AvgIpc) is 3.12. The average molecular weight is 350 g/mol. The Morgan fingerprint density at radius 1 is 1.08 bits per heavy atom. The molecule has 0 unspecified atom stereocenters. The second kappa shape index (κ2) is 7.39. The maximum Gasteiger partial charge on any atom is 0.262 e. The highest BCUT2D eigenvalue weighted by Gasteiger charge is 2.20. The number of ether oxygens (including phenoxy) is 1. The molecule has 0 radical (unpaired) electrons. The highest BCUT2D eigenvalue weighted by molar-refractivity contribution is 5.91. The number of carbonyl (C=O) groups is 1. The van der Waals surface area contributed by atoms with E-state index in [0.717, 1.165) is 11.4 Å². The molecule has 6 heteroatoms. The van der Waals surface area contributed by atoms with E-state index in [4.69, 9.17) is 4.74 Å². The molecule has 1 aromatic heterocycles. The normalized spacial score (nSPS) is 11.2. The van der Waals surface area contributed by atoms with Crippen LogP contribution in [0.4, 0.5) is 5.69 Å². The van der Waals surface area contributed by atoms with Crippen molar-refractivity contribution in [2.45, 2.75) is 26.2 Å². The standard InChI is InChI=1S/C20H22N4O2/c1-20(2,3)18-13-21-23-24(18)16-11-9-15(10-12-16)22-19(25)14-26-17-7-5-4-6-8-17/h4-13H,14H2,1-3H3,(H,22,25). The fourth-order valence-corrected chi connectivity index (χ4v) is 2.49. The van der Waals surface area contributed by atoms with Crippen LogP contribution in [0.1, 0.15) is 26.5 Å². The van der Waals surface area contributed by atoms with Gasteiger partial charge in [-0.05, 0) is 36.4 Å². The SMILES string of the molecule is CC(C)(C)c1cnnn1-c1ccc(NC(=O)COc2ccccc2)cc1. The zero-order valence-electron chi connectivity index (χ0n) is 15.1. The van der Waals surface area contributed by atoms with Crippen molar-refractivity contribution < 1.29 is 9.53 Å². The van der Waals surface area contributed by atoms with Crippen molar-refractivity contribution in [3.63, 3.8) is 0 Å². The number of benzene rings is 2. The summed E-state index contributed by atoms with van der Waals surface area (Å²) in [5.74, 6) is 0.455. The number of hydrogen-bond donors (Lipinski definition) is 1. The van der Waals surface area contributed by atoms with Crippen LogP contribution in [0.25, 0.3) is 5.69 Å². The lowest BCUT2D eigenvalue weighted by molar-refractivity contribution is -0.118. The number of nitrogens with one attached hydrogen (secondary N) is 1. The molecule has 0 bridgehead atoms. The predicted octanol–water partition coefficient (Wildman–Crippen LogP) is 3.58. The zero-order chi connectivity index (χ0) is 18.6. The minimum Gasteiger partial charge on any atom is -0.484 e. The smallest absolute Gasteiger partial charge is 0.262 e. The number of rotatable bonds is 5. The lowest BCUT2D eigenvalue weighted by Crippen LogP contribution is -2.20. The molecule has 0 saturated carbocycles. The topological polar surface area (TPSA) is 69.0 Å². The highest BCUT2D eigenvalue weighted by atomic mass is 16.5. The lowest BCUT2D eigenvalue weighted by atomic mass is 9.92. The Morgan fingerprint density at radius 2 is 1.77 bits per heavy atom. The van der Waals surface area contributed by atoms with Gasteiger partial charge in [-0.2, -0.15) is 0 Å². The first-order valence-electron chi connectivity index (χ1n) is 8.43. The molecule has 0 aliphatic rings. The molecule has 2 aromatic carbocycles. The van der Waals surface area contributed by atoms with Crippen LogP contribution in [0.3, 0.4) is 0 Å². The molecule has 0 fully saturated rings. The highest BCUT2D eigenvalue weighted by Crippen LogP contribution is 2.24. The molecule has 1 N–H and O–H groups in total. The summed E-state index contributed by atoms with van der Waals surface area (Å²) in [6.45, 7) is 6.31. The molecule has 0 aliphatic carbocycles. The van der Waals surface area contributed by atoms with E-state index in [1.54, 1.807) is 6.20 Å². The van der Waals surface area contributed by atoms with Crippen LogP contribution in [0.2, 0.25) is 0 Å². The van der Waals surface area contributed by atoms with Crippen LogP contribution >= 0.6 is 0 Å². The molecule has 1 heterocycles. The molecular weight excluding hydrogens is 328 g/mol. The second-order valence-corrected chi connectivity index (χ2v) is 6.98. The number of para-hydroxylation sites is 1. The molecule has 6 nitrogen and oxygen atoms in total. The molecule has 0 atom stereocenters. The van der Waals surface area contributed by atoms with Gasteiger partial charge in [-0.25, -0.2) is 4.68 Å². The summed E-state index contributed by atoms with van der Waals surface area (Å²) >= 11 is 0. The van der Waals surface area contributed by atoms with Gasteiger partial charge in [0.15, 0.2) is 6.61 Å². The largest absolute Gasteiger partial charge is 0.484 e. The first kappa shape index (κ1) is 17.7. The summed E-state index contributed by atoms with van der Waals surface area (Å²) in [6, 6.07) is 16.7. The van der Waals surface area contributed by atoms with Gasteiger partial charge in [0, 0.05) is 11.1 Å². The number of carbonyl (C=O) groups excluding carboxylic acids is 1. The maximum atomic E-state index is 12.0. The van der Waals surface area contributed by atoms with E-state index in [1.165, 1.54) is 0 Å². The summed E-state index contributed by atoms with van der Waals surface area (Å²) in [4.78, 5) is 12.0. The van der Waals surface area contributed by atoms with E-state index in [2.05, 4.69) is 36.4 Å². The van der Waals surface area contributed by atoms with E-state index in [0.29, 0.717) is 11.4 Å². The Bertz CT molecular complexity index is 865. The maximum absolute atomic E-state index is 12.0. The van der Waals surface area contributed by atoms with Crippen LogP contribution in [0.15, 0.2) is 60.8 Å². The summed E-state index contributed by atoms with van der Waals surface area (Å²) in [5.41, 5.74) is 2.55. The molecule has 0 spiro atoms. The number of amides is 1. The zero-order valence-corrected chi connectivity index (χ0v) is 15.1. The summed E-state index contributed by atoms with van der Waals surface area (Å²) in [5, 5.41) is 11.0. The molecule has 1 amide bonds. The van der Waals surface area contributed by atoms with Gasteiger partial charge in [0.25, 0.3) is 5.91 Å². The van der Waals surface area contributed by atoms with E-state index in [-0.39, 0.29) is 17.9 Å². The molecule has 134 valence electrons. The number of nitrogens with zero attached hydrogens (tertiary/aromatic N) is 3. The third kappa shape index (κ3) is 4.27. The van der Waals surface area contributed by atoms with Crippen LogP contribution in [-0.4, -0.2) is 27.5 Å². The van der Waals surface area contributed by atoms with Gasteiger partial charge >= 0.3 is 0 Å². The summed E-state index contributed by atoms with van der Waals surface area (Å²) in [6.07, 6.45) is 1.77. The first-order valence-corrected chi connectivity index (χ1v) is 8.43. The van der Waals surface area contributed by atoms with Gasteiger partial charge in [-0.15, -0.1) is 5.10 Å². The molecule has 26 heavy (non-hydrogen) atoms. The molecule has 0 aliphatic heterocycles. The number of hydrogen-bond acceptors (Lipinski definition) is 4. The molecule has 3 rings (SSSR count). The van der Waals surface area contributed by atoms with Crippen LogP contribution in [-0.2, 0) is 10.2 Å². The van der Waals surface area contributed by atoms with Crippen molar-refractivity contribution in [3.05, 3.63) is 66.5 Å². The Kier molecular flexibility index (Phi) is 5.02. The van der Waals surface area contributed by atoms with Crippen LogP contribution in [0, 0.1) is 0 Å². The molecule has 3 aromatic rings. The number of anilines is 1. The van der Waals surface area contributed by atoms with E-state index in [1.807, 2.05) is 59.3 Å². The van der Waals surface area contributed by atoms with Gasteiger partial charge in [0.1, 0.15) is 5.75 Å². The van der Waals surface area contributed by atoms with E-state index in [9.17, 15) is 4.79 Å². The Hall–Kier alpha value is -3.15. The first-order chi connectivity index (χ1) is 12.4. The van der Waals surface area contributed by atoms with Crippen molar-refractivity contribution >= 4 is 11.6 Å². The van der Waals surface area contributed by atoms with E-state index < -0.39 is 0 Å². The van der Waals surface area contributed by atoms with Crippen LogP contribution in [0.5, 0.6) is 5.75 Å². The monoisotopic (exact) mass is 350 g/mol. The quantitative estimate of drug-likeness (QED) is 0.763. The van der Waals surface area contributed by atoms with Gasteiger partial charge in [-0.3, -0.25) is 4.79 Å². The third-order valence-electron chi connectivity index (χ3n) is 3.83. The Balaban J connectivity index is 1.63. The number of aromatic nitrogens is 3. The summed E-state index contributed by atoms with van der Waals surface area (Å²) in [7, 11) is 0. The van der Waals surface area contributed by atoms with Crippen molar-refractivity contribution in [2.75, 3.05) is 11.9 Å².